The molecule has 6 N–H and O–H groups in total. The first-order chi connectivity index (χ1) is 9.26. The number of rotatable bonds is 7. The Hall–Kier alpha value is -1.97. The molecule has 1 atom stereocenters. The van der Waals surface area contributed by atoms with Gasteiger partial charge in [0.1, 0.15) is 0 Å². The highest BCUT2D eigenvalue weighted by atomic mass is 31.2. The van der Waals surface area contributed by atoms with Crippen molar-refractivity contribution in [3.63, 3.8) is 0 Å². The molecular weight excluding hydrogens is 315 g/mol. The average Bonchev–Trinajstić information content (AvgIpc) is 2.20. The summed E-state index contributed by atoms with van der Waals surface area (Å²) in [5.74, 6) is -6.08. The molecular formula is C9H15O11P. The molecule has 122 valence electrons. The fourth-order valence-corrected chi connectivity index (χ4v) is 2.20. The zero-order valence-corrected chi connectivity index (χ0v) is 11.7. The molecule has 0 rings (SSSR count). The molecule has 0 aromatic rings. The molecule has 0 heterocycles. The van der Waals surface area contributed by atoms with Crippen molar-refractivity contribution in [2.45, 2.75) is 31.3 Å². The van der Waals surface area contributed by atoms with Gasteiger partial charge in [0, 0.05) is 13.3 Å². The number of aliphatic carboxylic acids is 4. The zero-order valence-electron chi connectivity index (χ0n) is 10.8. The van der Waals surface area contributed by atoms with Crippen molar-refractivity contribution in [1.29, 1.82) is 0 Å². The number of hydrogen-bond donors (Lipinski definition) is 6. The van der Waals surface area contributed by atoms with Gasteiger partial charge in [0.05, 0.1) is 6.42 Å². The second-order valence-electron chi connectivity index (χ2n) is 3.86. The third kappa shape index (κ3) is 8.02. The molecule has 12 heteroatoms. The Bertz CT molecular complexity index is 460. The van der Waals surface area contributed by atoms with E-state index >= 15 is 0 Å². The van der Waals surface area contributed by atoms with E-state index in [4.69, 9.17) is 35.0 Å². The molecule has 0 aliphatic carbocycles. The summed E-state index contributed by atoms with van der Waals surface area (Å²) in [6.45, 7) is 1.08. The minimum Gasteiger partial charge on any atom is -0.481 e. The molecule has 0 aromatic carbocycles. The summed E-state index contributed by atoms with van der Waals surface area (Å²) in [5, 5.41) is 30.1. The summed E-state index contributed by atoms with van der Waals surface area (Å²) in [4.78, 5) is 58.5. The SMILES string of the molecule is CC(=O)O.O=C(O)CCC(CC(=O)O)(C(=O)O)P(=O)(O)O. The van der Waals surface area contributed by atoms with E-state index in [0.717, 1.165) is 6.92 Å². The molecule has 0 saturated carbocycles. The summed E-state index contributed by atoms with van der Waals surface area (Å²) in [7, 11) is -5.32. The number of hydrogen-bond acceptors (Lipinski definition) is 5. The Labute approximate surface area is 118 Å². The Kier molecular flexibility index (Phi) is 8.48. The fourth-order valence-electron chi connectivity index (χ4n) is 1.21. The first-order valence-electron chi connectivity index (χ1n) is 5.18. The van der Waals surface area contributed by atoms with Crippen LogP contribution in [0, 0.1) is 0 Å². The van der Waals surface area contributed by atoms with Gasteiger partial charge in [-0.05, 0) is 6.42 Å². The third-order valence-corrected chi connectivity index (χ3v) is 3.84. The minimum absolute atomic E-state index is 0.833. The molecule has 0 fully saturated rings. The van der Waals surface area contributed by atoms with Gasteiger partial charge in [-0.25, -0.2) is 0 Å². The van der Waals surface area contributed by atoms with Crippen molar-refractivity contribution < 1.29 is 54.0 Å². The van der Waals surface area contributed by atoms with E-state index in [1.165, 1.54) is 0 Å². The van der Waals surface area contributed by atoms with Gasteiger partial charge in [-0.2, -0.15) is 0 Å². The van der Waals surface area contributed by atoms with Gasteiger partial charge in [-0.1, -0.05) is 0 Å². The smallest absolute Gasteiger partial charge is 0.343 e. The van der Waals surface area contributed by atoms with Gasteiger partial charge >= 0.3 is 25.5 Å². The molecule has 0 spiro atoms. The summed E-state index contributed by atoms with van der Waals surface area (Å²) in [5.41, 5.74) is 0. The molecule has 1 unspecified atom stereocenters. The number of carboxylic acid groups (broad SMARTS) is 4. The fraction of sp³-hybridized carbons (Fsp3) is 0.556. The number of carboxylic acids is 4. The Morgan fingerprint density at radius 2 is 1.33 bits per heavy atom. The topological polar surface area (TPSA) is 207 Å². The largest absolute Gasteiger partial charge is 0.481 e. The third-order valence-electron chi connectivity index (χ3n) is 2.15. The van der Waals surface area contributed by atoms with Gasteiger partial charge in [0.2, 0.25) is 0 Å². The quantitative estimate of drug-likeness (QED) is 0.325. The minimum atomic E-state index is -5.32. The summed E-state index contributed by atoms with van der Waals surface area (Å²) >= 11 is 0. The first kappa shape index (κ1) is 21.3. The van der Waals surface area contributed by atoms with Crippen molar-refractivity contribution in [3.8, 4) is 0 Å². The predicted molar refractivity (Wildman–Crippen MR) is 64.8 cm³/mol. The van der Waals surface area contributed by atoms with Gasteiger partial charge in [0.25, 0.3) is 5.97 Å². The molecule has 0 saturated heterocycles. The van der Waals surface area contributed by atoms with Crippen LogP contribution in [-0.4, -0.2) is 59.2 Å². The normalized spacial score (nSPS) is 13.3. The van der Waals surface area contributed by atoms with E-state index in [-0.39, 0.29) is 0 Å². The molecule has 0 aromatic heterocycles. The lowest BCUT2D eigenvalue weighted by Gasteiger charge is -2.27. The highest BCUT2D eigenvalue weighted by Gasteiger charge is 2.55. The van der Waals surface area contributed by atoms with Crippen molar-refractivity contribution in [2.24, 2.45) is 0 Å². The maximum atomic E-state index is 11.1. The van der Waals surface area contributed by atoms with Gasteiger partial charge in [0.15, 0.2) is 5.16 Å². The van der Waals surface area contributed by atoms with Crippen LogP contribution in [-0.2, 0) is 23.7 Å². The number of carbonyl (C=O) groups is 4. The van der Waals surface area contributed by atoms with E-state index < -0.39 is 55.9 Å². The van der Waals surface area contributed by atoms with E-state index in [2.05, 4.69) is 0 Å². The van der Waals surface area contributed by atoms with Gasteiger partial charge in [-0.3, -0.25) is 23.7 Å². The van der Waals surface area contributed by atoms with Crippen LogP contribution in [0.5, 0.6) is 0 Å². The lowest BCUT2D eigenvalue weighted by atomic mass is 9.98. The van der Waals surface area contributed by atoms with Crippen LogP contribution >= 0.6 is 7.60 Å². The van der Waals surface area contributed by atoms with Crippen LogP contribution in [0.2, 0.25) is 0 Å². The van der Waals surface area contributed by atoms with Crippen molar-refractivity contribution in [2.75, 3.05) is 0 Å². The zero-order chi connectivity index (χ0) is 17.4. The van der Waals surface area contributed by atoms with Crippen LogP contribution in [0.4, 0.5) is 0 Å². The lowest BCUT2D eigenvalue weighted by molar-refractivity contribution is -0.148. The van der Waals surface area contributed by atoms with Crippen LogP contribution in [0.25, 0.3) is 0 Å². The second kappa shape index (κ2) is 8.35. The molecule has 21 heavy (non-hydrogen) atoms. The molecule has 0 aliphatic rings. The standard InChI is InChI=1S/C7H11O9P.C2H4O2/c8-4(9)1-2-7(6(12)13,3-5(10)11)17(14,15)16;1-2(3)4/h1-3H2,(H,8,9)(H,10,11)(H,12,13)(H2,14,15,16);1H3,(H,3,4). The highest BCUT2D eigenvalue weighted by molar-refractivity contribution is 7.54. The van der Waals surface area contributed by atoms with Gasteiger partial charge < -0.3 is 30.2 Å². The summed E-state index contributed by atoms with van der Waals surface area (Å²) in [6.07, 6.45) is -3.17. The van der Waals surface area contributed by atoms with Gasteiger partial charge in [-0.15, -0.1) is 0 Å². The van der Waals surface area contributed by atoms with Crippen molar-refractivity contribution >= 4 is 31.5 Å². The van der Waals surface area contributed by atoms with Crippen molar-refractivity contribution in [3.05, 3.63) is 0 Å². The van der Waals surface area contributed by atoms with Crippen LogP contribution in [0.1, 0.15) is 26.2 Å². The maximum absolute atomic E-state index is 11.1. The molecule has 0 bridgehead atoms. The summed E-state index contributed by atoms with van der Waals surface area (Å²) in [6, 6.07) is 0. The second-order valence-corrected chi connectivity index (χ2v) is 5.81. The van der Waals surface area contributed by atoms with Crippen LogP contribution < -0.4 is 0 Å². The lowest BCUT2D eigenvalue weighted by Crippen LogP contribution is -2.41. The van der Waals surface area contributed by atoms with Crippen LogP contribution in [0.3, 0.4) is 0 Å². The Morgan fingerprint density at radius 3 is 1.52 bits per heavy atom. The molecule has 0 radical (unpaired) electrons. The Balaban J connectivity index is 0. The summed E-state index contributed by atoms with van der Waals surface area (Å²) < 4.78 is 11.1. The maximum Gasteiger partial charge on any atom is 0.343 e. The predicted octanol–water partition coefficient (Wildman–Crippen LogP) is -0.582. The van der Waals surface area contributed by atoms with E-state index in [0.29, 0.717) is 0 Å². The Morgan fingerprint density at radius 1 is 0.952 bits per heavy atom. The average molecular weight is 330 g/mol. The van der Waals surface area contributed by atoms with Crippen LogP contribution in [0.15, 0.2) is 0 Å². The first-order valence-corrected chi connectivity index (χ1v) is 6.79. The molecule has 11 nitrogen and oxygen atoms in total. The van der Waals surface area contributed by atoms with E-state index in [1.54, 1.807) is 0 Å². The van der Waals surface area contributed by atoms with Crippen molar-refractivity contribution in [1.82, 2.24) is 0 Å². The van der Waals surface area contributed by atoms with E-state index in [1.807, 2.05) is 0 Å². The molecule has 0 aliphatic heterocycles. The highest BCUT2D eigenvalue weighted by Crippen LogP contribution is 2.55. The monoisotopic (exact) mass is 330 g/mol. The van der Waals surface area contributed by atoms with E-state index in [9.17, 15) is 18.9 Å². The molecule has 0 amide bonds.